The minimum atomic E-state index is -0.661. The van der Waals surface area contributed by atoms with Crippen molar-refractivity contribution in [2.75, 3.05) is 13.2 Å². The Morgan fingerprint density at radius 1 is 0.678 bits per heavy atom. The summed E-state index contributed by atoms with van der Waals surface area (Å²) in [6, 6.07) is 11.7. The fraction of sp³-hybridized carbons (Fsp3) is 0.366. The van der Waals surface area contributed by atoms with Crippen LogP contribution in [0.15, 0.2) is 64.6 Å². The lowest BCUT2D eigenvalue weighted by Gasteiger charge is -2.11. The molecule has 0 saturated carbocycles. The van der Waals surface area contributed by atoms with E-state index in [9.17, 15) is 24.3 Å². The molecule has 0 unspecified atom stereocenters. The first-order valence-corrected chi connectivity index (χ1v) is 19.6. The highest BCUT2D eigenvalue weighted by atomic mass is 16.5. The van der Waals surface area contributed by atoms with Crippen molar-refractivity contribution in [3.8, 4) is 5.75 Å². The van der Waals surface area contributed by atoms with E-state index >= 15 is 0 Å². The van der Waals surface area contributed by atoms with Gasteiger partial charge < -0.3 is 39.6 Å². The van der Waals surface area contributed by atoms with E-state index in [1.807, 2.05) is 65.0 Å². The summed E-state index contributed by atoms with van der Waals surface area (Å²) in [5.41, 5.74) is 17.1. The van der Waals surface area contributed by atoms with Crippen molar-refractivity contribution in [3.63, 3.8) is 0 Å². The van der Waals surface area contributed by atoms with Gasteiger partial charge in [0.05, 0.1) is 34.5 Å². The lowest BCUT2D eigenvalue weighted by atomic mass is 10.1. The zero-order chi connectivity index (χ0) is 42.5. The van der Waals surface area contributed by atoms with Gasteiger partial charge in [0.15, 0.2) is 0 Å². The number of allylic oxidation sites excluding steroid dienone is 2. The molecule has 6 rings (SSSR count). The fourth-order valence-electron chi connectivity index (χ4n) is 7.20. The summed E-state index contributed by atoms with van der Waals surface area (Å²) in [5.74, 6) is -1.89. The Labute approximate surface area is 339 Å². The summed E-state index contributed by atoms with van der Waals surface area (Å²) in [6.07, 6.45) is 4.13. The number of primary amides is 2. The Morgan fingerprint density at radius 3 is 1.73 bits per heavy atom. The predicted octanol–water partition coefficient (Wildman–Crippen LogP) is 2.99. The number of rotatable bonds is 16. The van der Waals surface area contributed by atoms with Crippen LogP contribution in [0.25, 0.3) is 22.1 Å². The van der Waals surface area contributed by atoms with Crippen LogP contribution in [0.1, 0.15) is 87.2 Å². The van der Waals surface area contributed by atoms with Crippen molar-refractivity contribution in [1.82, 2.24) is 37.8 Å². The van der Waals surface area contributed by atoms with Crippen LogP contribution in [0, 0.1) is 13.8 Å². The average Bonchev–Trinajstić information content (AvgIpc) is 3.95. The van der Waals surface area contributed by atoms with Gasteiger partial charge in [-0.1, -0.05) is 12.2 Å². The quantitative estimate of drug-likeness (QED) is 0.0970. The van der Waals surface area contributed by atoms with Crippen molar-refractivity contribution >= 4 is 45.7 Å². The van der Waals surface area contributed by atoms with Gasteiger partial charge in [0.1, 0.15) is 22.7 Å². The van der Waals surface area contributed by atoms with Crippen LogP contribution >= 0.6 is 0 Å². The molecule has 0 aliphatic rings. The predicted molar refractivity (Wildman–Crippen MR) is 220 cm³/mol. The highest BCUT2D eigenvalue weighted by molar-refractivity contribution is 5.99. The molecule has 4 amide bonds. The van der Waals surface area contributed by atoms with Crippen molar-refractivity contribution in [2.45, 2.75) is 87.2 Å². The summed E-state index contributed by atoms with van der Waals surface area (Å²) < 4.78 is 16.7. The van der Waals surface area contributed by atoms with Gasteiger partial charge in [-0.3, -0.25) is 28.5 Å². The van der Waals surface area contributed by atoms with Crippen LogP contribution in [0.4, 0.5) is 0 Å². The maximum atomic E-state index is 13.9. The van der Waals surface area contributed by atoms with Crippen LogP contribution in [0.2, 0.25) is 0 Å². The standard InChI is InChI=1S/C41H50N12O6/c1-7-48-30-22-27(36(42)55)14-15-29(30)50(40(48)44-38(57)32-20-25(5)46-52(32)9-3)16-11-12-17-51-35-31(23-28(37(43)56)24-34(35)59-19-13-18-54)49(8-2)41(51)45-39(58)33-21-26(6)47-53(33)10-4/h11-12,14-15,20-24,54H,7-10,13,16-19H2,1-6H3,(H2,42,55)(H2,43,56)/b12-11+,44-40-,45-41+. The van der Waals surface area contributed by atoms with Crippen molar-refractivity contribution < 1.29 is 29.0 Å². The molecule has 18 heteroatoms. The van der Waals surface area contributed by atoms with E-state index in [1.54, 1.807) is 58.8 Å². The van der Waals surface area contributed by atoms with Gasteiger partial charge in [-0.25, -0.2) is 0 Å². The van der Waals surface area contributed by atoms with Gasteiger partial charge in [0, 0.05) is 63.4 Å². The number of aliphatic hydroxyl groups excluding tert-OH is 1. The topological polar surface area (TPSA) is 230 Å². The number of aryl methyl sites for hydroxylation is 6. The van der Waals surface area contributed by atoms with Crippen molar-refractivity contribution in [2.24, 2.45) is 21.5 Å². The molecular formula is C41H50N12O6. The molecule has 4 heterocycles. The van der Waals surface area contributed by atoms with E-state index in [2.05, 4.69) is 20.2 Å². The van der Waals surface area contributed by atoms with Gasteiger partial charge in [-0.2, -0.15) is 20.2 Å². The zero-order valence-corrected chi connectivity index (χ0v) is 34.2. The van der Waals surface area contributed by atoms with Gasteiger partial charge in [-0.15, -0.1) is 0 Å². The molecule has 310 valence electrons. The van der Waals surface area contributed by atoms with Crippen molar-refractivity contribution in [1.29, 1.82) is 0 Å². The molecule has 18 nitrogen and oxygen atoms in total. The van der Waals surface area contributed by atoms with E-state index < -0.39 is 23.6 Å². The summed E-state index contributed by atoms with van der Waals surface area (Å²) >= 11 is 0. The van der Waals surface area contributed by atoms with Crippen LogP contribution in [-0.4, -0.2) is 79.8 Å². The number of imidazole rings is 2. The number of nitrogens with two attached hydrogens (primary N) is 2. The number of carbonyl (C=O) groups excluding carboxylic acids is 4. The molecule has 6 aromatic rings. The third-order valence-electron chi connectivity index (χ3n) is 9.89. The first kappa shape index (κ1) is 41.8. The molecule has 4 aromatic heterocycles. The summed E-state index contributed by atoms with van der Waals surface area (Å²) in [4.78, 5) is 61.7. The number of ether oxygens (including phenoxy) is 1. The Hall–Kier alpha value is -6.82. The minimum absolute atomic E-state index is 0.103. The maximum absolute atomic E-state index is 13.9. The van der Waals surface area contributed by atoms with Crippen LogP contribution in [0.5, 0.6) is 5.75 Å². The molecular weight excluding hydrogens is 757 g/mol. The van der Waals surface area contributed by atoms with Gasteiger partial charge in [-0.05, 0) is 84.0 Å². The number of benzene rings is 2. The molecule has 0 bridgehead atoms. The van der Waals surface area contributed by atoms with E-state index in [0.717, 1.165) is 0 Å². The van der Waals surface area contributed by atoms with Crippen LogP contribution < -0.4 is 27.4 Å². The lowest BCUT2D eigenvalue weighted by molar-refractivity contribution is 0.0977. The Balaban J connectivity index is 1.52. The molecule has 0 atom stereocenters. The number of amides is 4. The molecule has 2 aromatic carbocycles. The maximum Gasteiger partial charge on any atom is 0.298 e. The van der Waals surface area contributed by atoms with E-state index in [1.165, 1.54) is 0 Å². The molecule has 59 heavy (non-hydrogen) atoms. The second kappa shape index (κ2) is 17.8. The largest absolute Gasteiger partial charge is 0.491 e. The smallest absolute Gasteiger partial charge is 0.298 e. The summed E-state index contributed by atoms with van der Waals surface area (Å²) in [5, 5.41) is 18.4. The monoisotopic (exact) mass is 806 g/mol. The third-order valence-corrected chi connectivity index (χ3v) is 9.89. The zero-order valence-electron chi connectivity index (χ0n) is 34.2. The Bertz CT molecular complexity index is 2770. The lowest BCUT2D eigenvalue weighted by Crippen LogP contribution is -2.28. The van der Waals surface area contributed by atoms with E-state index in [-0.39, 0.29) is 31.9 Å². The third kappa shape index (κ3) is 8.29. The molecule has 0 aliphatic carbocycles. The van der Waals surface area contributed by atoms with Gasteiger partial charge in [0.2, 0.25) is 23.1 Å². The number of aliphatic hydroxyl groups is 1. The SMILES string of the molecule is CCn1nc(C)cc1C(=O)/N=c1/n(CC)c2cc(C(N)=O)ccc2n1C/C=C/Cn1/c(=N/C(=O)c2cc(C)nn2CC)n(CC)c2cc(C(N)=O)cc(OCCCO)c21. The molecule has 0 saturated heterocycles. The molecule has 0 spiro atoms. The van der Waals surface area contributed by atoms with E-state index in [4.69, 9.17) is 16.2 Å². The number of fused-ring (bicyclic) bond motifs is 2. The number of carbonyl (C=O) groups is 4. The molecule has 0 fully saturated rings. The highest BCUT2D eigenvalue weighted by Gasteiger charge is 2.22. The van der Waals surface area contributed by atoms with Crippen LogP contribution in [-0.2, 0) is 39.3 Å². The van der Waals surface area contributed by atoms with E-state index in [0.29, 0.717) is 100.0 Å². The molecule has 5 N–H and O–H groups in total. The highest BCUT2D eigenvalue weighted by Crippen LogP contribution is 2.28. The fourth-order valence-corrected chi connectivity index (χ4v) is 7.20. The first-order valence-electron chi connectivity index (χ1n) is 19.6. The van der Waals surface area contributed by atoms with Gasteiger partial charge in [0.25, 0.3) is 11.8 Å². The number of hydrogen-bond donors (Lipinski definition) is 3. The normalized spacial score (nSPS) is 12.5. The minimum Gasteiger partial charge on any atom is -0.491 e. The summed E-state index contributed by atoms with van der Waals surface area (Å²) in [6.45, 7) is 13.5. The molecule has 0 radical (unpaired) electrons. The number of aromatic nitrogens is 8. The Morgan fingerprint density at radius 2 is 1.20 bits per heavy atom. The number of hydrogen-bond acceptors (Lipinski definition) is 8. The second-order valence-corrected chi connectivity index (χ2v) is 13.8. The summed E-state index contributed by atoms with van der Waals surface area (Å²) in [7, 11) is 0. The average molecular weight is 807 g/mol. The molecule has 0 aliphatic heterocycles. The first-order chi connectivity index (χ1) is 28.3. The van der Waals surface area contributed by atoms with Crippen LogP contribution in [0.3, 0.4) is 0 Å². The second-order valence-electron chi connectivity index (χ2n) is 13.8. The Kier molecular flexibility index (Phi) is 12.6. The van der Waals surface area contributed by atoms with Gasteiger partial charge >= 0.3 is 0 Å². The number of nitrogens with zero attached hydrogens (tertiary/aromatic N) is 10. The van der Waals surface area contributed by atoms with Crippen molar-refractivity contribution in [3.05, 3.63) is 99.8 Å².